The Balaban J connectivity index is 2.19. The van der Waals surface area contributed by atoms with Crippen LogP contribution in [0.15, 0.2) is 12.1 Å². The third-order valence-corrected chi connectivity index (χ3v) is 2.47. The number of hydrogen-bond acceptors (Lipinski definition) is 3. The first-order valence-corrected chi connectivity index (χ1v) is 5.88. The van der Waals surface area contributed by atoms with Crippen LogP contribution >= 0.6 is 0 Å². The third kappa shape index (κ3) is 2.95. The zero-order valence-electron chi connectivity index (χ0n) is 10.5. The molecule has 0 aliphatic heterocycles. The summed E-state index contributed by atoms with van der Waals surface area (Å²) in [6, 6.07) is 0.943. The molecule has 106 valence electrons. The minimum atomic E-state index is -1.21. The predicted molar refractivity (Wildman–Crippen MR) is 64.6 cm³/mol. The van der Waals surface area contributed by atoms with E-state index >= 15 is 0 Å². The van der Waals surface area contributed by atoms with Crippen molar-refractivity contribution >= 4 is 11.6 Å². The number of aromatic amines is 1. The summed E-state index contributed by atoms with van der Waals surface area (Å²) in [7, 11) is 0. The highest BCUT2D eigenvalue weighted by Crippen LogP contribution is 2.20. The lowest BCUT2D eigenvalue weighted by molar-refractivity contribution is 0.101. The second-order valence-electron chi connectivity index (χ2n) is 4.05. The highest BCUT2D eigenvalue weighted by Gasteiger charge is 2.18. The van der Waals surface area contributed by atoms with Crippen LogP contribution in [0.5, 0.6) is 0 Å². The van der Waals surface area contributed by atoms with Crippen LogP contribution in [0.4, 0.5) is 18.9 Å². The molecule has 8 heteroatoms. The first kappa shape index (κ1) is 14.0. The minimum absolute atomic E-state index is 0.239. The van der Waals surface area contributed by atoms with Crippen molar-refractivity contribution in [3.63, 3.8) is 0 Å². The van der Waals surface area contributed by atoms with Crippen molar-refractivity contribution in [3.05, 3.63) is 41.2 Å². The van der Waals surface area contributed by atoms with Gasteiger partial charge in [-0.3, -0.25) is 9.89 Å². The molecule has 0 unspecified atom stereocenters. The lowest BCUT2D eigenvalue weighted by Crippen LogP contribution is -2.16. The van der Waals surface area contributed by atoms with Crippen LogP contribution in [0, 0.1) is 17.5 Å². The molecule has 0 atom stereocenters. The van der Waals surface area contributed by atoms with Crippen LogP contribution in [0.25, 0.3) is 0 Å². The Morgan fingerprint density at radius 3 is 2.55 bits per heavy atom. The van der Waals surface area contributed by atoms with Gasteiger partial charge in [-0.25, -0.2) is 18.2 Å². The summed E-state index contributed by atoms with van der Waals surface area (Å²) in [6.07, 6.45) is 1.40. The second kappa shape index (κ2) is 5.72. The molecule has 1 aromatic carbocycles. The molecular weight excluding hydrogens is 273 g/mol. The number of nitrogens with zero attached hydrogens (tertiary/aromatic N) is 2. The van der Waals surface area contributed by atoms with Gasteiger partial charge in [-0.1, -0.05) is 6.92 Å². The highest BCUT2D eigenvalue weighted by atomic mass is 19.1. The van der Waals surface area contributed by atoms with E-state index in [9.17, 15) is 18.0 Å². The number of hydrogen-bond donors (Lipinski definition) is 2. The molecule has 20 heavy (non-hydrogen) atoms. The van der Waals surface area contributed by atoms with E-state index in [4.69, 9.17) is 0 Å². The fourth-order valence-electron chi connectivity index (χ4n) is 1.58. The Labute approximate surface area is 112 Å². The number of aromatic nitrogens is 3. The molecule has 1 aromatic heterocycles. The van der Waals surface area contributed by atoms with Gasteiger partial charge in [0.2, 0.25) is 5.82 Å². The van der Waals surface area contributed by atoms with Gasteiger partial charge in [-0.05, 0) is 6.42 Å². The average molecular weight is 284 g/mol. The van der Waals surface area contributed by atoms with Crippen LogP contribution in [0.2, 0.25) is 0 Å². The van der Waals surface area contributed by atoms with Crippen LogP contribution in [0.3, 0.4) is 0 Å². The summed E-state index contributed by atoms with van der Waals surface area (Å²) < 4.78 is 39.5. The van der Waals surface area contributed by atoms with Crippen molar-refractivity contribution in [2.45, 2.75) is 19.8 Å². The number of nitrogens with one attached hydrogen (secondary N) is 2. The smallest absolute Gasteiger partial charge is 0.295 e. The zero-order valence-corrected chi connectivity index (χ0v) is 10.5. The topological polar surface area (TPSA) is 70.7 Å². The van der Waals surface area contributed by atoms with Crippen molar-refractivity contribution in [1.82, 2.24) is 15.2 Å². The molecule has 0 radical (unpaired) electrons. The van der Waals surface area contributed by atoms with E-state index in [0.717, 1.165) is 6.42 Å². The summed E-state index contributed by atoms with van der Waals surface area (Å²) in [6.45, 7) is 1.92. The standard InChI is InChI=1S/C12H11F3N4O/c1-2-3-9-16-11(19-18-9)12(20)17-10-7(14)4-6(13)5-8(10)15/h4-5H,2-3H2,1H3,(H,17,20)(H,16,18,19). The number of benzene rings is 1. The average Bonchev–Trinajstić information content (AvgIpc) is 2.82. The number of amides is 1. The SMILES string of the molecule is CCCc1nc(C(=O)Nc2c(F)cc(F)cc2F)n[nH]1. The molecule has 0 aliphatic carbocycles. The van der Waals surface area contributed by atoms with Crippen molar-refractivity contribution in [2.24, 2.45) is 0 Å². The molecule has 1 amide bonds. The molecule has 0 saturated carbocycles. The predicted octanol–water partition coefficient (Wildman–Crippen LogP) is 2.43. The number of carbonyl (C=O) groups excluding carboxylic acids is 1. The van der Waals surface area contributed by atoms with Crippen molar-refractivity contribution in [2.75, 3.05) is 5.32 Å². The largest absolute Gasteiger partial charge is 0.314 e. The molecule has 0 fully saturated rings. The minimum Gasteiger partial charge on any atom is -0.314 e. The van der Waals surface area contributed by atoms with Gasteiger partial charge < -0.3 is 5.32 Å². The summed E-state index contributed by atoms with van der Waals surface area (Å²) in [4.78, 5) is 15.6. The molecule has 5 nitrogen and oxygen atoms in total. The van der Waals surface area contributed by atoms with Crippen molar-refractivity contribution in [1.29, 1.82) is 0 Å². The normalized spacial score (nSPS) is 10.6. The number of rotatable bonds is 4. The number of anilines is 1. The Morgan fingerprint density at radius 2 is 1.95 bits per heavy atom. The van der Waals surface area contributed by atoms with Crippen LogP contribution < -0.4 is 5.32 Å². The van der Waals surface area contributed by atoms with Gasteiger partial charge in [0.1, 0.15) is 17.3 Å². The van der Waals surface area contributed by atoms with Gasteiger partial charge in [-0.2, -0.15) is 0 Å². The van der Waals surface area contributed by atoms with Gasteiger partial charge in [0.15, 0.2) is 11.6 Å². The molecule has 2 N–H and O–H groups in total. The summed E-state index contributed by atoms with van der Waals surface area (Å²) in [5, 5.41) is 8.16. The summed E-state index contributed by atoms with van der Waals surface area (Å²) in [5.41, 5.74) is -0.738. The Morgan fingerprint density at radius 1 is 1.30 bits per heavy atom. The molecule has 0 bridgehead atoms. The third-order valence-electron chi connectivity index (χ3n) is 2.47. The van der Waals surface area contributed by atoms with E-state index < -0.39 is 29.0 Å². The number of carbonyl (C=O) groups is 1. The molecule has 0 aliphatic rings. The monoisotopic (exact) mass is 284 g/mol. The van der Waals surface area contributed by atoms with Crippen molar-refractivity contribution in [3.8, 4) is 0 Å². The van der Waals surface area contributed by atoms with Crippen LogP contribution in [0.1, 0.15) is 29.8 Å². The second-order valence-corrected chi connectivity index (χ2v) is 4.05. The lowest BCUT2D eigenvalue weighted by Gasteiger charge is -2.05. The van der Waals surface area contributed by atoms with Gasteiger partial charge >= 0.3 is 0 Å². The number of aryl methyl sites for hydroxylation is 1. The summed E-state index contributed by atoms with van der Waals surface area (Å²) in [5.74, 6) is -4.11. The Bertz CT molecular complexity index is 618. The van der Waals surface area contributed by atoms with Gasteiger partial charge in [-0.15, -0.1) is 5.10 Å². The molecule has 2 rings (SSSR count). The van der Waals surface area contributed by atoms with Crippen LogP contribution in [-0.2, 0) is 6.42 Å². The maximum atomic E-state index is 13.4. The first-order chi connectivity index (χ1) is 9.51. The van der Waals surface area contributed by atoms with Crippen molar-refractivity contribution < 1.29 is 18.0 Å². The van der Waals surface area contributed by atoms with E-state index in [0.29, 0.717) is 24.4 Å². The Hall–Kier alpha value is -2.38. The van der Waals surface area contributed by atoms with Gasteiger partial charge in [0.25, 0.3) is 5.91 Å². The lowest BCUT2D eigenvalue weighted by atomic mass is 10.2. The fraction of sp³-hybridized carbons (Fsp3) is 0.250. The zero-order chi connectivity index (χ0) is 14.7. The van der Waals surface area contributed by atoms with Gasteiger partial charge in [0, 0.05) is 18.6 Å². The van der Waals surface area contributed by atoms with Gasteiger partial charge in [0.05, 0.1) is 0 Å². The molecule has 1 heterocycles. The van der Waals surface area contributed by atoms with E-state index in [1.165, 1.54) is 0 Å². The molecule has 0 saturated heterocycles. The quantitative estimate of drug-likeness (QED) is 0.905. The van der Waals surface area contributed by atoms with E-state index in [-0.39, 0.29) is 5.82 Å². The number of halogens is 3. The molecule has 2 aromatic rings. The molecular formula is C12H11F3N4O. The van der Waals surface area contributed by atoms with E-state index in [1.807, 2.05) is 12.2 Å². The Kier molecular flexibility index (Phi) is 4.02. The maximum Gasteiger partial charge on any atom is 0.295 e. The van der Waals surface area contributed by atoms with Crippen LogP contribution in [-0.4, -0.2) is 21.1 Å². The first-order valence-electron chi connectivity index (χ1n) is 5.88. The van der Waals surface area contributed by atoms with E-state index in [1.54, 1.807) is 0 Å². The molecule has 0 spiro atoms. The fourth-order valence-corrected chi connectivity index (χ4v) is 1.58. The number of H-pyrrole nitrogens is 1. The summed E-state index contributed by atoms with van der Waals surface area (Å²) >= 11 is 0. The maximum absolute atomic E-state index is 13.4. The van der Waals surface area contributed by atoms with E-state index in [2.05, 4.69) is 15.2 Å². The highest BCUT2D eigenvalue weighted by molar-refractivity contribution is 6.01.